The minimum Gasteiger partial charge on any atom is -0.478 e. The Morgan fingerprint density at radius 1 is 1.38 bits per heavy atom. The van der Waals surface area contributed by atoms with Crippen LogP contribution >= 0.6 is 0 Å². The van der Waals surface area contributed by atoms with Crippen LogP contribution in [0.2, 0.25) is 0 Å². The number of carbonyl (C=O) groups is 1. The van der Waals surface area contributed by atoms with Crippen molar-refractivity contribution in [3.05, 3.63) is 23.8 Å². The number of carboxylic acids is 1. The van der Waals surface area contributed by atoms with E-state index < -0.39 is 16.0 Å². The molecule has 21 heavy (non-hydrogen) atoms. The average molecular weight is 312 g/mol. The molecule has 1 saturated carbocycles. The number of hydrogen-bond donors (Lipinski definition) is 2. The summed E-state index contributed by atoms with van der Waals surface area (Å²) in [5.74, 6) is -0.741. The standard InChI is InChI=1S/C14H20N2O4S/c1-16(9-10-4-2-3-5-10)21(19,20)13-7-6-11(14(17)18)8-12(13)15/h6-8,10H,2-5,9,15H2,1H3,(H,17,18). The van der Waals surface area contributed by atoms with Crippen LogP contribution in [-0.2, 0) is 10.0 Å². The van der Waals surface area contributed by atoms with Crippen LogP contribution in [0.1, 0.15) is 36.0 Å². The largest absolute Gasteiger partial charge is 0.478 e. The monoisotopic (exact) mass is 312 g/mol. The van der Waals surface area contributed by atoms with E-state index in [2.05, 4.69) is 0 Å². The van der Waals surface area contributed by atoms with Gasteiger partial charge >= 0.3 is 5.97 Å². The number of nitrogens with zero attached hydrogens (tertiary/aromatic N) is 1. The molecule has 6 nitrogen and oxygen atoms in total. The van der Waals surface area contributed by atoms with Crippen molar-refractivity contribution in [2.45, 2.75) is 30.6 Å². The van der Waals surface area contributed by atoms with Gasteiger partial charge in [-0.2, -0.15) is 0 Å². The number of nitrogens with two attached hydrogens (primary N) is 1. The van der Waals surface area contributed by atoms with Gasteiger partial charge in [-0.1, -0.05) is 12.8 Å². The van der Waals surface area contributed by atoms with Crippen LogP contribution in [-0.4, -0.2) is 37.4 Å². The van der Waals surface area contributed by atoms with Crippen molar-refractivity contribution in [3.8, 4) is 0 Å². The molecule has 3 N–H and O–H groups in total. The quantitative estimate of drug-likeness (QED) is 0.807. The van der Waals surface area contributed by atoms with E-state index in [4.69, 9.17) is 10.8 Å². The molecule has 1 aliphatic carbocycles. The van der Waals surface area contributed by atoms with Crippen LogP contribution in [0, 0.1) is 5.92 Å². The fraction of sp³-hybridized carbons (Fsp3) is 0.500. The predicted octanol–water partition coefficient (Wildman–Crippen LogP) is 1.78. The van der Waals surface area contributed by atoms with Crippen molar-refractivity contribution < 1.29 is 18.3 Å². The maximum Gasteiger partial charge on any atom is 0.335 e. The lowest BCUT2D eigenvalue weighted by Gasteiger charge is -2.21. The van der Waals surface area contributed by atoms with Crippen molar-refractivity contribution >= 4 is 21.7 Å². The van der Waals surface area contributed by atoms with Gasteiger partial charge in [0, 0.05) is 13.6 Å². The summed E-state index contributed by atoms with van der Waals surface area (Å²) in [5.41, 5.74) is 5.66. The van der Waals surface area contributed by atoms with Gasteiger partial charge in [0.05, 0.1) is 11.3 Å². The molecule has 2 rings (SSSR count). The number of benzene rings is 1. The lowest BCUT2D eigenvalue weighted by atomic mass is 10.1. The molecule has 0 unspecified atom stereocenters. The molecule has 0 bridgehead atoms. The van der Waals surface area contributed by atoms with Gasteiger partial charge in [0.2, 0.25) is 10.0 Å². The lowest BCUT2D eigenvalue weighted by Crippen LogP contribution is -2.31. The van der Waals surface area contributed by atoms with Crippen LogP contribution in [0.4, 0.5) is 5.69 Å². The van der Waals surface area contributed by atoms with E-state index in [1.54, 1.807) is 0 Å². The fourth-order valence-electron chi connectivity index (χ4n) is 2.74. The first-order valence-corrected chi connectivity index (χ1v) is 8.35. The molecule has 1 aliphatic rings. The summed E-state index contributed by atoms with van der Waals surface area (Å²) in [6.45, 7) is 0.475. The highest BCUT2D eigenvalue weighted by Crippen LogP contribution is 2.28. The Labute approximate surface area is 124 Å². The molecule has 0 saturated heterocycles. The minimum atomic E-state index is -3.68. The Kier molecular flexibility index (Phi) is 4.53. The summed E-state index contributed by atoms with van der Waals surface area (Å²) in [5, 5.41) is 8.89. The highest BCUT2D eigenvalue weighted by molar-refractivity contribution is 7.89. The maximum absolute atomic E-state index is 12.5. The average Bonchev–Trinajstić information content (AvgIpc) is 2.90. The number of carboxylic acid groups (broad SMARTS) is 1. The molecule has 1 aromatic rings. The summed E-state index contributed by atoms with van der Waals surface area (Å²) in [6.07, 6.45) is 4.39. The van der Waals surface area contributed by atoms with Gasteiger partial charge in [0.15, 0.2) is 0 Å². The molecule has 116 valence electrons. The summed E-state index contributed by atoms with van der Waals surface area (Å²) < 4.78 is 26.4. The van der Waals surface area contributed by atoms with Gasteiger partial charge in [-0.3, -0.25) is 0 Å². The summed E-state index contributed by atoms with van der Waals surface area (Å²) in [7, 11) is -2.14. The number of aromatic carboxylic acids is 1. The Hall–Kier alpha value is -1.60. The second kappa shape index (κ2) is 6.03. The molecule has 0 aliphatic heterocycles. The van der Waals surface area contributed by atoms with Gasteiger partial charge in [0.25, 0.3) is 0 Å². The number of rotatable bonds is 5. The minimum absolute atomic E-state index is 0.0232. The van der Waals surface area contributed by atoms with Crippen molar-refractivity contribution in [2.24, 2.45) is 5.92 Å². The third kappa shape index (κ3) is 3.36. The third-order valence-corrected chi connectivity index (χ3v) is 5.83. The first kappa shape index (κ1) is 15.8. The second-order valence-electron chi connectivity index (χ2n) is 5.49. The van der Waals surface area contributed by atoms with E-state index in [1.807, 2.05) is 0 Å². The number of nitrogen functional groups attached to an aromatic ring is 1. The number of hydrogen-bond acceptors (Lipinski definition) is 4. The topological polar surface area (TPSA) is 101 Å². The van der Waals surface area contributed by atoms with Crippen molar-refractivity contribution in [3.63, 3.8) is 0 Å². The van der Waals surface area contributed by atoms with Gasteiger partial charge < -0.3 is 10.8 Å². The van der Waals surface area contributed by atoms with E-state index in [-0.39, 0.29) is 16.1 Å². The molecule has 7 heteroatoms. The van der Waals surface area contributed by atoms with Crippen molar-refractivity contribution in [2.75, 3.05) is 19.3 Å². The smallest absolute Gasteiger partial charge is 0.335 e. The van der Waals surface area contributed by atoms with Crippen LogP contribution in [0.3, 0.4) is 0 Å². The fourth-order valence-corrected chi connectivity index (χ4v) is 4.08. The van der Waals surface area contributed by atoms with E-state index in [9.17, 15) is 13.2 Å². The molecule has 0 atom stereocenters. The highest BCUT2D eigenvalue weighted by Gasteiger charge is 2.27. The SMILES string of the molecule is CN(CC1CCCC1)S(=O)(=O)c1ccc(C(=O)O)cc1N. The zero-order valence-electron chi connectivity index (χ0n) is 11.9. The van der Waals surface area contributed by atoms with Crippen LogP contribution in [0.15, 0.2) is 23.1 Å². The summed E-state index contributed by atoms with van der Waals surface area (Å²) >= 11 is 0. The van der Waals surface area contributed by atoms with Crippen molar-refractivity contribution in [1.29, 1.82) is 0 Å². The highest BCUT2D eigenvalue weighted by atomic mass is 32.2. The normalized spacial score (nSPS) is 16.5. The van der Waals surface area contributed by atoms with E-state index in [0.29, 0.717) is 12.5 Å². The van der Waals surface area contributed by atoms with Gasteiger partial charge in [0.1, 0.15) is 4.90 Å². The molecule has 0 aromatic heterocycles. The first-order chi connectivity index (χ1) is 9.82. The zero-order chi connectivity index (χ0) is 15.6. The molecular formula is C14H20N2O4S. The Morgan fingerprint density at radius 2 is 2.00 bits per heavy atom. The van der Waals surface area contributed by atoms with Gasteiger partial charge in [-0.05, 0) is 37.0 Å². The van der Waals surface area contributed by atoms with E-state index in [1.165, 1.54) is 29.6 Å². The van der Waals surface area contributed by atoms with Crippen molar-refractivity contribution in [1.82, 2.24) is 4.31 Å². The van der Waals surface area contributed by atoms with E-state index in [0.717, 1.165) is 25.7 Å². The van der Waals surface area contributed by atoms with E-state index >= 15 is 0 Å². The Morgan fingerprint density at radius 3 is 2.52 bits per heavy atom. The molecule has 0 spiro atoms. The number of anilines is 1. The summed E-state index contributed by atoms with van der Waals surface area (Å²) in [4.78, 5) is 10.8. The molecule has 0 heterocycles. The third-order valence-electron chi connectivity index (χ3n) is 3.94. The van der Waals surface area contributed by atoms with Crippen LogP contribution in [0.25, 0.3) is 0 Å². The first-order valence-electron chi connectivity index (χ1n) is 6.91. The molecule has 1 aromatic carbocycles. The Balaban J connectivity index is 2.23. The maximum atomic E-state index is 12.5. The summed E-state index contributed by atoms with van der Waals surface area (Å²) in [6, 6.07) is 3.70. The number of sulfonamides is 1. The molecule has 1 fully saturated rings. The lowest BCUT2D eigenvalue weighted by molar-refractivity contribution is 0.0697. The predicted molar refractivity (Wildman–Crippen MR) is 79.6 cm³/mol. The second-order valence-corrected chi connectivity index (χ2v) is 7.51. The van der Waals surface area contributed by atoms with Crippen LogP contribution in [0.5, 0.6) is 0 Å². The molecular weight excluding hydrogens is 292 g/mol. The Bertz CT molecular complexity index is 636. The van der Waals surface area contributed by atoms with Gasteiger partial charge in [-0.15, -0.1) is 0 Å². The molecule has 0 amide bonds. The molecule has 0 radical (unpaired) electrons. The zero-order valence-corrected chi connectivity index (χ0v) is 12.8. The van der Waals surface area contributed by atoms with Crippen LogP contribution < -0.4 is 5.73 Å². The van der Waals surface area contributed by atoms with Gasteiger partial charge in [-0.25, -0.2) is 17.5 Å².